The monoisotopic (exact) mass is 780 g/mol. The molecule has 306 valence electrons. The maximum atomic E-state index is 3.14. The Morgan fingerprint density at radius 2 is 1.29 bits per heavy atom. The van der Waals surface area contributed by atoms with Crippen LogP contribution < -0.4 is 0 Å². The molecule has 0 aromatic rings. The number of hydrogen-bond donors (Lipinski definition) is 0. The van der Waals surface area contributed by atoms with E-state index in [0.29, 0.717) is 77.2 Å². The van der Waals surface area contributed by atoms with E-state index < -0.39 is 0 Å². The molecule has 3 fully saturated rings. The molecular formula is C58H69N. The molecule has 0 aromatic carbocycles. The van der Waals surface area contributed by atoms with Crippen LogP contribution >= 0.6 is 0 Å². The predicted octanol–water partition coefficient (Wildman–Crippen LogP) is 14.3. The highest BCUT2D eigenvalue weighted by Crippen LogP contribution is 2.68. The lowest BCUT2D eigenvalue weighted by atomic mass is 9.53. The molecule has 0 amide bonds. The van der Waals surface area contributed by atoms with Gasteiger partial charge in [-0.05, 0) is 159 Å². The van der Waals surface area contributed by atoms with Crippen LogP contribution in [0, 0.1) is 75.9 Å². The van der Waals surface area contributed by atoms with Gasteiger partial charge in [-0.25, -0.2) is 0 Å². The Morgan fingerprint density at radius 3 is 1.97 bits per heavy atom. The van der Waals surface area contributed by atoms with Crippen molar-refractivity contribution < 1.29 is 0 Å². The minimum absolute atomic E-state index is 0.161. The second-order valence-corrected chi connectivity index (χ2v) is 21.1. The van der Waals surface area contributed by atoms with Crippen molar-refractivity contribution >= 4 is 0 Å². The molecule has 11 aliphatic rings. The second kappa shape index (κ2) is 15.6. The summed E-state index contributed by atoms with van der Waals surface area (Å²) in [6, 6.07) is 1.04. The van der Waals surface area contributed by atoms with Crippen molar-refractivity contribution in [2.75, 3.05) is 0 Å². The Morgan fingerprint density at radius 1 is 0.576 bits per heavy atom. The molecule has 11 unspecified atom stereocenters. The average Bonchev–Trinajstić information content (AvgIpc) is 3.73. The third kappa shape index (κ3) is 6.28. The minimum atomic E-state index is 0.161. The first kappa shape index (κ1) is 38.1. The van der Waals surface area contributed by atoms with Gasteiger partial charge in [-0.3, -0.25) is 0 Å². The van der Waals surface area contributed by atoms with E-state index in [1.165, 1.54) is 77.0 Å². The molecule has 3 saturated carbocycles. The van der Waals surface area contributed by atoms with E-state index in [1.54, 1.807) is 22.4 Å². The molecule has 0 heterocycles. The van der Waals surface area contributed by atoms with E-state index in [9.17, 15) is 0 Å². The lowest BCUT2D eigenvalue weighted by Gasteiger charge is -2.53. The van der Waals surface area contributed by atoms with Crippen molar-refractivity contribution in [2.45, 2.75) is 109 Å². The Balaban J connectivity index is 0.980. The lowest BCUT2D eigenvalue weighted by Crippen LogP contribution is -2.50. The molecule has 11 rings (SSSR count). The van der Waals surface area contributed by atoms with E-state index in [0.717, 1.165) is 6.42 Å². The topological polar surface area (TPSA) is 3.24 Å². The molecule has 11 atom stereocenters. The smallest absolute Gasteiger partial charge is 0.0476 e. The van der Waals surface area contributed by atoms with Crippen LogP contribution in [0.2, 0.25) is 0 Å². The molecule has 0 aliphatic heterocycles. The Kier molecular flexibility index (Phi) is 10.1. The third-order valence-corrected chi connectivity index (χ3v) is 18.3. The Bertz CT molecular complexity index is 2050. The lowest BCUT2D eigenvalue weighted by molar-refractivity contribution is 0.0473. The SMILES string of the molecule is CC1(C)C2C=CC=CC2C2C=CC(N(C3=C(C4C=CC=CC4)C=C(C4CC=CCC4)CC3)C3CCC(C4(C5=CCCC=C5)C5C=CC=CC5C5C=CC=CC54)CC3)CC21. The summed E-state index contributed by atoms with van der Waals surface area (Å²) >= 11 is 0. The summed E-state index contributed by atoms with van der Waals surface area (Å²) in [6.45, 7) is 5.23. The third-order valence-electron chi connectivity index (χ3n) is 18.3. The largest absolute Gasteiger partial charge is 0.365 e. The molecule has 0 saturated heterocycles. The number of fused-ring (bicyclic) bond motifs is 6. The van der Waals surface area contributed by atoms with Crippen LogP contribution in [0.25, 0.3) is 0 Å². The van der Waals surface area contributed by atoms with Gasteiger partial charge in [-0.15, -0.1) is 0 Å². The van der Waals surface area contributed by atoms with E-state index in [-0.39, 0.29) is 10.8 Å². The van der Waals surface area contributed by atoms with Crippen LogP contribution in [0.15, 0.2) is 168 Å². The van der Waals surface area contributed by atoms with Crippen LogP contribution in [-0.4, -0.2) is 17.0 Å². The molecule has 0 spiro atoms. The minimum Gasteiger partial charge on any atom is -0.365 e. The molecule has 0 N–H and O–H groups in total. The predicted molar refractivity (Wildman–Crippen MR) is 248 cm³/mol. The maximum absolute atomic E-state index is 3.14. The van der Waals surface area contributed by atoms with Crippen molar-refractivity contribution in [3.05, 3.63) is 168 Å². The summed E-state index contributed by atoms with van der Waals surface area (Å²) < 4.78 is 0. The van der Waals surface area contributed by atoms with Crippen LogP contribution in [0.3, 0.4) is 0 Å². The van der Waals surface area contributed by atoms with Gasteiger partial charge in [0.1, 0.15) is 0 Å². The molecule has 0 aromatic heterocycles. The Labute approximate surface area is 357 Å². The summed E-state index contributed by atoms with van der Waals surface area (Å²) in [7, 11) is 0. The maximum Gasteiger partial charge on any atom is 0.0476 e. The van der Waals surface area contributed by atoms with Gasteiger partial charge < -0.3 is 4.90 Å². The van der Waals surface area contributed by atoms with E-state index in [1.807, 2.05) is 0 Å². The molecule has 0 bridgehead atoms. The first-order valence-electron chi connectivity index (χ1n) is 24.3. The van der Waals surface area contributed by atoms with E-state index in [2.05, 4.69) is 165 Å². The van der Waals surface area contributed by atoms with Crippen molar-refractivity contribution in [3.8, 4) is 0 Å². The fraction of sp³-hybridized carbons (Fsp3) is 0.517. The number of hydrogen-bond acceptors (Lipinski definition) is 1. The fourth-order valence-electron chi connectivity index (χ4n) is 15.7. The molecule has 59 heavy (non-hydrogen) atoms. The van der Waals surface area contributed by atoms with Gasteiger partial charge in [-0.1, -0.05) is 165 Å². The van der Waals surface area contributed by atoms with Gasteiger partial charge in [0.15, 0.2) is 0 Å². The Hall–Kier alpha value is -3.84. The van der Waals surface area contributed by atoms with Gasteiger partial charge >= 0.3 is 0 Å². The second-order valence-electron chi connectivity index (χ2n) is 21.1. The number of nitrogens with zero attached hydrogens (tertiary/aromatic N) is 1. The molecule has 1 heteroatoms. The number of allylic oxidation sites excluding steroid dienone is 27. The quantitative estimate of drug-likeness (QED) is 0.233. The fourth-order valence-corrected chi connectivity index (χ4v) is 15.7. The zero-order valence-electron chi connectivity index (χ0n) is 36.0. The van der Waals surface area contributed by atoms with Crippen molar-refractivity contribution in [1.29, 1.82) is 0 Å². The highest BCUT2D eigenvalue weighted by molar-refractivity contribution is 5.45. The summed E-state index contributed by atoms with van der Waals surface area (Å²) in [4.78, 5) is 3.14. The van der Waals surface area contributed by atoms with Crippen LogP contribution in [0.5, 0.6) is 0 Å². The van der Waals surface area contributed by atoms with Gasteiger partial charge in [0.05, 0.1) is 0 Å². The summed E-state index contributed by atoms with van der Waals surface area (Å²) in [5.74, 6) is 6.81. The van der Waals surface area contributed by atoms with Gasteiger partial charge in [0, 0.05) is 29.1 Å². The highest BCUT2D eigenvalue weighted by atomic mass is 15.2. The van der Waals surface area contributed by atoms with Gasteiger partial charge in [-0.2, -0.15) is 0 Å². The summed E-state index contributed by atoms with van der Waals surface area (Å²) in [6.07, 6.45) is 76.5. The van der Waals surface area contributed by atoms with Crippen LogP contribution in [0.4, 0.5) is 0 Å². The van der Waals surface area contributed by atoms with Crippen molar-refractivity contribution in [3.63, 3.8) is 0 Å². The summed E-state index contributed by atoms with van der Waals surface area (Å²) in [5.41, 5.74) is 7.24. The first-order chi connectivity index (χ1) is 29.0. The van der Waals surface area contributed by atoms with E-state index in [4.69, 9.17) is 0 Å². The molecule has 11 aliphatic carbocycles. The summed E-state index contributed by atoms with van der Waals surface area (Å²) in [5, 5.41) is 0. The van der Waals surface area contributed by atoms with Gasteiger partial charge in [0.25, 0.3) is 0 Å². The molecule has 0 radical (unpaired) electrons. The first-order valence-corrected chi connectivity index (χ1v) is 24.3. The zero-order chi connectivity index (χ0) is 39.6. The van der Waals surface area contributed by atoms with Crippen molar-refractivity contribution in [1.82, 2.24) is 4.90 Å². The van der Waals surface area contributed by atoms with Crippen molar-refractivity contribution in [2.24, 2.45) is 75.9 Å². The van der Waals surface area contributed by atoms with Crippen LogP contribution in [0.1, 0.15) is 97.3 Å². The molecular weight excluding hydrogens is 711 g/mol. The normalized spacial score (nSPS) is 43.3. The van der Waals surface area contributed by atoms with E-state index >= 15 is 0 Å². The molecule has 1 nitrogen and oxygen atoms in total. The zero-order valence-corrected chi connectivity index (χ0v) is 36.0. The van der Waals surface area contributed by atoms with Gasteiger partial charge in [0.2, 0.25) is 0 Å². The number of rotatable bonds is 7. The standard InChI is InChI=1S/C58H69N/c1-57(2)52-27-15-12-24-47(52)50-36-35-46(39-55(50)57)59(56-37-30-42(40-18-6-3-7-19-40)38-51(56)41-20-8-4-9-21-41)45-33-31-44(32-34-45)58(43-22-10-5-11-23-43)53-28-16-13-25-48(53)49-26-14-17-29-54(49)58/h3-4,6,8-10,12-17,20,22-29,35-36,38,40-41,44-50,52-55H,5,7,11,18-19,21,30-34,37,39H2,1-2H3. The average molecular weight is 780 g/mol. The van der Waals surface area contributed by atoms with Crippen LogP contribution in [-0.2, 0) is 0 Å². The highest BCUT2D eigenvalue weighted by Gasteiger charge is 2.62.